The molecule has 0 spiro atoms. The molecule has 2 rings (SSSR count). The third-order valence-corrected chi connectivity index (χ3v) is 4.35. The van der Waals surface area contributed by atoms with Gasteiger partial charge in [-0.25, -0.2) is 0 Å². The van der Waals surface area contributed by atoms with Crippen LogP contribution in [-0.2, 0) is 6.42 Å². The zero-order valence-electron chi connectivity index (χ0n) is 10.7. The summed E-state index contributed by atoms with van der Waals surface area (Å²) < 4.78 is 1.02. The molecule has 0 radical (unpaired) electrons. The average Bonchev–Trinajstić information content (AvgIpc) is 2.90. The summed E-state index contributed by atoms with van der Waals surface area (Å²) in [6.07, 6.45) is 10.9. The molecule has 0 amide bonds. The molecule has 1 unspecified atom stereocenters. The van der Waals surface area contributed by atoms with E-state index in [4.69, 9.17) is 5.84 Å². The largest absolute Gasteiger partial charge is 0.271 e. The van der Waals surface area contributed by atoms with Gasteiger partial charge in [-0.3, -0.25) is 16.3 Å². The van der Waals surface area contributed by atoms with Crippen molar-refractivity contribution in [2.75, 3.05) is 0 Å². The highest BCUT2D eigenvalue weighted by molar-refractivity contribution is 9.10. The second kappa shape index (κ2) is 7.22. The number of pyridine rings is 1. The van der Waals surface area contributed by atoms with E-state index in [9.17, 15) is 0 Å². The molecule has 18 heavy (non-hydrogen) atoms. The molecule has 0 saturated heterocycles. The van der Waals surface area contributed by atoms with Crippen molar-refractivity contribution in [3.8, 4) is 0 Å². The summed E-state index contributed by atoms with van der Waals surface area (Å²) in [5.41, 5.74) is 4.04. The molecule has 3 nitrogen and oxygen atoms in total. The molecular formula is C14H22BrN3. The fourth-order valence-corrected chi connectivity index (χ4v) is 2.99. The van der Waals surface area contributed by atoms with Crippen LogP contribution in [0.3, 0.4) is 0 Å². The summed E-state index contributed by atoms with van der Waals surface area (Å²) in [7, 11) is 0. The standard InChI is InChI=1S/C14H22BrN3/c15-12-6-8-13(17-10-12)9-14(18-16)7-5-11-3-1-2-4-11/h6,8,10-11,14,18H,1-5,7,9,16H2. The van der Waals surface area contributed by atoms with Crippen LogP contribution in [0.1, 0.15) is 44.2 Å². The van der Waals surface area contributed by atoms with E-state index in [2.05, 4.69) is 32.4 Å². The lowest BCUT2D eigenvalue weighted by Crippen LogP contribution is -2.37. The first-order valence-electron chi connectivity index (χ1n) is 6.84. The van der Waals surface area contributed by atoms with E-state index in [1.807, 2.05) is 12.3 Å². The van der Waals surface area contributed by atoms with Crippen LogP contribution in [0.25, 0.3) is 0 Å². The fraction of sp³-hybridized carbons (Fsp3) is 0.643. The van der Waals surface area contributed by atoms with E-state index < -0.39 is 0 Å². The van der Waals surface area contributed by atoms with Crippen molar-refractivity contribution in [1.82, 2.24) is 10.4 Å². The molecule has 1 atom stereocenters. The van der Waals surface area contributed by atoms with Crippen LogP contribution in [0.4, 0.5) is 0 Å². The minimum atomic E-state index is 0.347. The Morgan fingerprint density at radius 2 is 2.17 bits per heavy atom. The van der Waals surface area contributed by atoms with Gasteiger partial charge in [-0.15, -0.1) is 0 Å². The summed E-state index contributed by atoms with van der Waals surface area (Å²) in [5.74, 6) is 6.58. The van der Waals surface area contributed by atoms with Gasteiger partial charge in [0.05, 0.1) is 0 Å². The van der Waals surface area contributed by atoms with E-state index in [0.29, 0.717) is 6.04 Å². The Morgan fingerprint density at radius 3 is 2.78 bits per heavy atom. The topological polar surface area (TPSA) is 50.9 Å². The highest BCUT2D eigenvalue weighted by Crippen LogP contribution is 2.29. The monoisotopic (exact) mass is 311 g/mol. The lowest BCUT2D eigenvalue weighted by atomic mass is 9.96. The summed E-state index contributed by atoms with van der Waals surface area (Å²) in [6.45, 7) is 0. The zero-order valence-corrected chi connectivity index (χ0v) is 12.3. The second-order valence-corrected chi connectivity index (χ2v) is 6.18. The van der Waals surface area contributed by atoms with Gasteiger partial charge in [0.25, 0.3) is 0 Å². The minimum Gasteiger partial charge on any atom is -0.271 e. The number of aromatic nitrogens is 1. The molecule has 100 valence electrons. The van der Waals surface area contributed by atoms with Crippen LogP contribution in [0.2, 0.25) is 0 Å². The van der Waals surface area contributed by atoms with Gasteiger partial charge in [-0.05, 0) is 46.8 Å². The van der Waals surface area contributed by atoms with Gasteiger partial charge in [0.15, 0.2) is 0 Å². The number of rotatable bonds is 6. The Hall–Kier alpha value is -0.450. The summed E-state index contributed by atoms with van der Waals surface area (Å²) in [6, 6.07) is 4.44. The van der Waals surface area contributed by atoms with Crippen LogP contribution in [-0.4, -0.2) is 11.0 Å². The lowest BCUT2D eigenvalue weighted by Gasteiger charge is -2.17. The Balaban J connectivity index is 1.79. The Morgan fingerprint density at radius 1 is 1.39 bits per heavy atom. The van der Waals surface area contributed by atoms with Crippen molar-refractivity contribution < 1.29 is 0 Å². The number of nitrogens with two attached hydrogens (primary N) is 1. The van der Waals surface area contributed by atoms with E-state index in [1.165, 1.54) is 32.1 Å². The Bertz CT molecular complexity index is 347. The molecule has 0 aliphatic heterocycles. The molecule has 1 aliphatic rings. The predicted octanol–water partition coefficient (Wildman–Crippen LogP) is 3.19. The SMILES string of the molecule is NNC(CCC1CCCC1)Cc1ccc(Br)cn1. The number of nitrogens with zero attached hydrogens (tertiary/aromatic N) is 1. The summed E-state index contributed by atoms with van der Waals surface area (Å²) >= 11 is 3.40. The number of halogens is 1. The molecule has 1 heterocycles. The first kappa shape index (κ1) is 14.0. The first-order valence-corrected chi connectivity index (χ1v) is 7.64. The van der Waals surface area contributed by atoms with Crippen molar-refractivity contribution in [2.45, 2.75) is 51.0 Å². The maximum atomic E-state index is 5.65. The number of hydrogen-bond acceptors (Lipinski definition) is 3. The molecule has 1 fully saturated rings. The molecule has 3 N–H and O–H groups in total. The zero-order chi connectivity index (χ0) is 12.8. The molecular weight excluding hydrogens is 290 g/mol. The number of hydrazine groups is 1. The molecule has 0 aromatic carbocycles. The number of hydrogen-bond donors (Lipinski definition) is 2. The van der Waals surface area contributed by atoms with Gasteiger partial charge in [-0.1, -0.05) is 25.7 Å². The Labute approximate surface area is 118 Å². The van der Waals surface area contributed by atoms with Crippen molar-refractivity contribution in [1.29, 1.82) is 0 Å². The molecule has 1 saturated carbocycles. The third kappa shape index (κ3) is 4.34. The fourth-order valence-electron chi connectivity index (χ4n) is 2.76. The molecule has 4 heteroatoms. The van der Waals surface area contributed by atoms with Crippen LogP contribution < -0.4 is 11.3 Å². The minimum absolute atomic E-state index is 0.347. The first-order chi connectivity index (χ1) is 8.78. The van der Waals surface area contributed by atoms with Crippen LogP contribution in [0, 0.1) is 5.92 Å². The second-order valence-electron chi connectivity index (χ2n) is 5.26. The highest BCUT2D eigenvalue weighted by Gasteiger charge is 2.17. The van der Waals surface area contributed by atoms with Crippen molar-refractivity contribution >= 4 is 15.9 Å². The maximum Gasteiger partial charge on any atom is 0.0420 e. The van der Waals surface area contributed by atoms with Gasteiger partial charge >= 0.3 is 0 Å². The molecule has 0 bridgehead atoms. The summed E-state index contributed by atoms with van der Waals surface area (Å²) in [4.78, 5) is 4.40. The molecule has 1 aromatic heterocycles. The van der Waals surface area contributed by atoms with Crippen LogP contribution >= 0.6 is 15.9 Å². The van der Waals surface area contributed by atoms with Crippen molar-refractivity contribution in [2.24, 2.45) is 11.8 Å². The van der Waals surface area contributed by atoms with Gasteiger partial charge < -0.3 is 0 Å². The normalized spacial score (nSPS) is 18.1. The predicted molar refractivity (Wildman–Crippen MR) is 77.9 cm³/mol. The van der Waals surface area contributed by atoms with Crippen LogP contribution in [0.5, 0.6) is 0 Å². The van der Waals surface area contributed by atoms with Gasteiger partial charge in [-0.2, -0.15) is 0 Å². The van der Waals surface area contributed by atoms with Gasteiger partial charge in [0.2, 0.25) is 0 Å². The van der Waals surface area contributed by atoms with E-state index in [1.54, 1.807) is 0 Å². The average molecular weight is 312 g/mol. The Kier molecular flexibility index (Phi) is 5.60. The smallest absolute Gasteiger partial charge is 0.0420 e. The quantitative estimate of drug-likeness (QED) is 0.626. The number of nitrogens with one attached hydrogen (secondary N) is 1. The van der Waals surface area contributed by atoms with E-state index in [0.717, 1.165) is 28.9 Å². The van der Waals surface area contributed by atoms with Crippen LogP contribution in [0.15, 0.2) is 22.8 Å². The van der Waals surface area contributed by atoms with Crippen molar-refractivity contribution in [3.05, 3.63) is 28.5 Å². The molecule has 1 aliphatic carbocycles. The van der Waals surface area contributed by atoms with Gasteiger partial charge in [0.1, 0.15) is 0 Å². The van der Waals surface area contributed by atoms with Gasteiger partial charge in [0, 0.05) is 28.8 Å². The van der Waals surface area contributed by atoms with E-state index in [-0.39, 0.29) is 0 Å². The maximum absolute atomic E-state index is 5.65. The lowest BCUT2D eigenvalue weighted by molar-refractivity contribution is 0.405. The van der Waals surface area contributed by atoms with Crippen molar-refractivity contribution in [3.63, 3.8) is 0 Å². The van der Waals surface area contributed by atoms with E-state index >= 15 is 0 Å². The highest BCUT2D eigenvalue weighted by atomic mass is 79.9. The molecule has 1 aromatic rings. The summed E-state index contributed by atoms with van der Waals surface area (Å²) in [5, 5.41) is 0. The third-order valence-electron chi connectivity index (χ3n) is 3.88.